The van der Waals surface area contributed by atoms with Crippen molar-refractivity contribution in [2.24, 2.45) is 21.8 Å². The van der Waals surface area contributed by atoms with Crippen LogP contribution < -0.4 is 0 Å². The van der Waals surface area contributed by atoms with E-state index in [1.54, 1.807) is 0 Å². The highest BCUT2D eigenvalue weighted by Crippen LogP contribution is 2.21. The van der Waals surface area contributed by atoms with Crippen LogP contribution in [0.5, 0.6) is 0 Å². The highest BCUT2D eigenvalue weighted by Gasteiger charge is 2.22. The van der Waals surface area contributed by atoms with Crippen molar-refractivity contribution in [3.63, 3.8) is 0 Å². The summed E-state index contributed by atoms with van der Waals surface area (Å²) in [7, 11) is 0. The van der Waals surface area contributed by atoms with Gasteiger partial charge < -0.3 is 9.80 Å². The van der Waals surface area contributed by atoms with E-state index in [4.69, 9.17) is 9.98 Å². The molecule has 0 bridgehead atoms. The molecule has 2 atom stereocenters. The Bertz CT molecular complexity index is 520. The summed E-state index contributed by atoms with van der Waals surface area (Å²) in [6.07, 6.45) is 8.99. The number of hydrogen-bond acceptors (Lipinski definition) is 2. The molecule has 0 fully saturated rings. The minimum atomic E-state index is -0.0381. The predicted molar refractivity (Wildman–Crippen MR) is 142 cm³/mol. The summed E-state index contributed by atoms with van der Waals surface area (Å²) < 4.78 is 0. The molecule has 4 nitrogen and oxygen atoms in total. The first-order valence-electron chi connectivity index (χ1n) is 12.7. The van der Waals surface area contributed by atoms with E-state index in [0.717, 1.165) is 13.0 Å². The van der Waals surface area contributed by atoms with Crippen molar-refractivity contribution in [3.05, 3.63) is 0 Å². The molecule has 184 valence electrons. The quantitative estimate of drug-likeness (QED) is 0.224. The molecule has 4 heteroatoms. The van der Waals surface area contributed by atoms with E-state index in [9.17, 15) is 0 Å². The van der Waals surface area contributed by atoms with E-state index < -0.39 is 0 Å². The third-order valence-electron chi connectivity index (χ3n) is 5.37. The zero-order chi connectivity index (χ0) is 24.4. The molecule has 31 heavy (non-hydrogen) atoms. The first-order chi connectivity index (χ1) is 14.0. The van der Waals surface area contributed by atoms with Crippen LogP contribution in [-0.4, -0.2) is 58.2 Å². The lowest BCUT2D eigenvalue weighted by Crippen LogP contribution is -2.41. The van der Waals surface area contributed by atoms with Gasteiger partial charge in [-0.3, -0.25) is 9.98 Å². The van der Waals surface area contributed by atoms with Gasteiger partial charge >= 0.3 is 0 Å². The summed E-state index contributed by atoms with van der Waals surface area (Å²) in [5, 5.41) is 0. The van der Waals surface area contributed by atoms with Crippen LogP contribution in [0.1, 0.15) is 116 Å². The predicted octanol–water partition coefficient (Wildman–Crippen LogP) is 7.28. The van der Waals surface area contributed by atoms with Crippen molar-refractivity contribution in [2.75, 3.05) is 6.54 Å². The van der Waals surface area contributed by atoms with Crippen LogP contribution in [0.2, 0.25) is 0 Å². The maximum atomic E-state index is 4.88. The molecule has 0 rings (SSSR count). The van der Waals surface area contributed by atoms with Crippen molar-refractivity contribution in [1.82, 2.24) is 9.80 Å². The highest BCUT2D eigenvalue weighted by molar-refractivity contribution is 5.57. The smallest absolute Gasteiger partial charge is 0.0861 e. The summed E-state index contributed by atoms with van der Waals surface area (Å²) >= 11 is 0. The molecule has 0 radical (unpaired) electrons. The summed E-state index contributed by atoms with van der Waals surface area (Å²) in [5.74, 6) is 1.38. The molecule has 0 saturated carbocycles. The van der Waals surface area contributed by atoms with Gasteiger partial charge in [-0.25, -0.2) is 0 Å². The molecule has 0 heterocycles. The Morgan fingerprint density at radius 3 is 1.61 bits per heavy atom. The van der Waals surface area contributed by atoms with E-state index in [1.165, 1.54) is 19.3 Å². The van der Waals surface area contributed by atoms with Crippen molar-refractivity contribution >= 4 is 12.7 Å². The maximum Gasteiger partial charge on any atom is 0.0861 e. The molecule has 0 aliphatic heterocycles. The van der Waals surface area contributed by atoms with Crippen molar-refractivity contribution in [2.45, 2.75) is 145 Å². The lowest BCUT2D eigenvalue weighted by molar-refractivity contribution is 0.212. The number of hydrogen-bond donors (Lipinski definition) is 0. The largest absolute Gasteiger partial charge is 0.360 e. The normalized spacial score (nSPS) is 15.6. The Hall–Kier alpha value is -1.06. The second kappa shape index (κ2) is 13.5. The SMILES string of the molecule is CC(C)CCN(C=NC(C)(C)C)C(CCC(C)N(C=NC(C)(C)C)C(C)C)CC(C)C. The number of aliphatic imine (C=N–C) groups is 2. The van der Waals surface area contributed by atoms with Crippen LogP contribution in [0.4, 0.5) is 0 Å². The molecule has 0 aliphatic rings. The van der Waals surface area contributed by atoms with Gasteiger partial charge in [-0.05, 0) is 99.8 Å². The summed E-state index contributed by atoms with van der Waals surface area (Å²) in [4.78, 5) is 14.6. The van der Waals surface area contributed by atoms with Gasteiger partial charge in [0.15, 0.2) is 0 Å². The molecule has 0 aromatic rings. The topological polar surface area (TPSA) is 31.2 Å². The minimum Gasteiger partial charge on any atom is -0.360 e. The molecule has 0 aromatic heterocycles. The zero-order valence-corrected chi connectivity index (χ0v) is 23.4. The summed E-state index contributed by atoms with van der Waals surface area (Å²) in [5.41, 5.74) is -0.0757. The average molecular weight is 437 g/mol. The second-order valence-corrected chi connectivity index (χ2v) is 12.5. The Morgan fingerprint density at radius 1 is 0.677 bits per heavy atom. The van der Waals surface area contributed by atoms with Gasteiger partial charge in [-0.2, -0.15) is 0 Å². The Kier molecular flexibility index (Phi) is 13.0. The van der Waals surface area contributed by atoms with Crippen LogP contribution in [0.15, 0.2) is 9.98 Å². The average Bonchev–Trinajstić information content (AvgIpc) is 2.56. The summed E-state index contributed by atoms with van der Waals surface area (Å²) in [6, 6.07) is 1.44. The Morgan fingerprint density at radius 2 is 1.19 bits per heavy atom. The molecular weight excluding hydrogens is 380 g/mol. The van der Waals surface area contributed by atoms with Crippen LogP contribution in [0, 0.1) is 11.8 Å². The van der Waals surface area contributed by atoms with Crippen LogP contribution in [0.3, 0.4) is 0 Å². The van der Waals surface area contributed by atoms with E-state index in [0.29, 0.717) is 30.0 Å². The monoisotopic (exact) mass is 436 g/mol. The van der Waals surface area contributed by atoms with E-state index in [-0.39, 0.29) is 11.1 Å². The van der Waals surface area contributed by atoms with Gasteiger partial charge in [0, 0.05) is 24.7 Å². The summed E-state index contributed by atoms with van der Waals surface area (Å²) in [6.45, 7) is 30.3. The van der Waals surface area contributed by atoms with Crippen molar-refractivity contribution < 1.29 is 0 Å². The second-order valence-electron chi connectivity index (χ2n) is 12.5. The molecule has 0 saturated heterocycles. The van der Waals surface area contributed by atoms with Gasteiger partial charge in [0.2, 0.25) is 0 Å². The fourth-order valence-corrected chi connectivity index (χ4v) is 3.53. The van der Waals surface area contributed by atoms with Gasteiger partial charge in [-0.1, -0.05) is 27.7 Å². The lowest BCUT2D eigenvalue weighted by Gasteiger charge is -2.36. The molecule has 0 N–H and O–H groups in total. The molecule has 0 aromatic carbocycles. The minimum absolute atomic E-state index is 0.0376. The van der Waals surface area contributed by atoms with Crippen LogP contribution in [0.25, 0.3) is 0 Å². The number of rotatable bonds is 13. The molecular formula is C27H56N4. The highest BCUT2D eigenvalue weighted by atomic mass is 15.2. The fourth-order valence-electron chi connectivity index (χ4n) is 3.53. The third-order valence-corrected chi connectivity index (χ3v) is 5.37. The lowest BCUT2D eigenvalue weighted by atomic mass is 9.95. The van der Waals surface area contributed by atoms with Crippen LogP contribution in [-0.2, 0) is 0 Å². The van der Waals surface area contributed by atoms with Gasteiger partial charge in [0.1, 0.15) is 0 Å². The molecule has 0 aliphatic carbocycles. The van der Waals surface area contributed by atoms with Crippen molar-refractivity contribution in [3.8, 4) is 0 Å². The standard InChI is InChI=1S/C27H56N4/c1-21(2)16-17-30(19-28-26(8,9)10)25(18-22(3)4)15-14-24(7)31(23(5)6)20-29-27(11,12)13/h19-25H,14-18H2,1-13H3. The Balaban J connectivity index is 5.48. The maximum absolute atomic E-state index is 4.88. The fraction of sp³-hybridized carbons (Fsp3) is 0.926. The van der Waals surface area contributed by atoms with Gasteiger partial charge in [-0.15, -0.1) is 0 Å². The number of nitrogens with zero attached hydrogens (tertiary/aromatic N) is 4. The molecule has 0 amide bonds. The Labute approximate surface area is 196 Å². The van der Waals surface area contributed by atoms with E-state index in [2.05, 4.69) is 112 Å². The van der Waals surface area contributed by atoms with E-state index >= 15 is 0 Å². The van der Waals surface area contributed by atoms with Gasteiger partial charge in [0.05, 0.1) is 23.8 Å². The first kappa shape index (κ1) is 29.9. The van der Waals surface area contributed by atoms with Crippen LogP contribution >= 0.6 is 0 Å². The molecule has 2 unspecified atom stereocenters. The van der Waals surface area contributed by atoms with Gasteiger partial charge in [0.25, 0.3) is 0 Å². The zero-order valence-electron chi connectivity index (χ0n) is 23.4. The first-order valence-corrected chi connectivity index (χ1v) is 12.7. The molecule has 0 spiro atoms. The van der Waals surface area contributed by atoms with Crippen molar-refractivity contribution in [1.29, 1.82) is 0 Å². The third kappa shape index (κ3) is 15.4. The van der Waals surface area contributed by atoms with E-state index in [1.807, 2.05) is 0 Å².